The molecule has 0 atom stereocenters. The first-order valence-electron chi connectivity index (χ1n) is 8.70. The molecule has 0 spiro atoms. The third-order valence-corrected chi connectivity index (χ3v) is 6.77. The standard InChI is InChI=1S/C17H20N4O4S/c22-17(15-8-16(25-19-15)12-4-3-7-18-9-12)21-10-14(11-21)26(23,24)20-13-5-1-2-6-13/h3-4,7-9,13-14,20H,1-2,5-6,10-11H2. The van der Waals surface area contributed by atoms with Gasteiger partial charge in [0.2, 0.25) is 10.0 Å². The van der Waals surface area contributed by atoms with E-state index in [4.69, 9.17) is 4.52 Å². The van der Waals surface area contributed by atoms with Gasteiger partial charge < -0.3 is 9.42 Å². The summed E-state index contributed by atoms with van der Waals surface area (Å²) in [6.07, 6.45) is 7.18. The summed E-state index contributed by atoms with van der Waals surface area (Å²) in [6, 6.07) is 5.17. The van der Waals surface area contributed by atoms with Gasteiger partial charge in [0.05, 0.1) is 0 Å². The Hall–Kier alpha value is -2.26. The lowest BCUT2D eigenvalue weighted by Crippen LogP contribution is -2.60. The van der Waals surface area contributed by atoms with E-state index in [9.17, 15) is 13.2 Å². The number of pyridine rings is 1. The zero-order valence-corrected chi connectivity index (χ0v) is 15.0. The summed E-state index contributed by atoms with van der Waals surface area (Å²) in [4.78, 5) is 17.9. The van der Waals surface area contributed by atoms with Crippen LogP contribution < -0.4 is 4.72 Å². The van der Waals surface area contributed by atoms with Gasteiger partial charge in [-0.2, -0.15) is 0 Å². The minimum absolute atomic E-state index is 0.0438. The van der Waals surface area contributed by atoms with Gasteiger partial charge in [0.1, 0.15) is 5.25 Å². The average Bonchev–Trinajstić information content (AvgIpc) is 3.25. The van der Waals surface area contributed by atoms with E-state index in [1.165, 1.54) is 4.90 Å². The molecule has 2 fully saturated rings. The topological polar surface area (TPSA) is 105 Å². The molecule has 138 valence electrons. The molecule has 1 aliphatic carbocycles. The van der Waals surface area contributed by atoms with Crippen LogP contribution in [0.2, 0.25) is 0 Å². The molecule has 8 nitrogen and oxygen atoms in total. The normalized spacial score (nSPS) is 18.8. The maximum absolute atomic E-state index is 12.5. The summed E-state index contributed by atoms with van der Waals surface area (Å²) in [5.41, 5.74) is 0.896. The fraction of sp³-hybridized carbons (Fsp3) is 0.471. The van der Waals surface area contributed by atoms with Gasteiger partial charge in [0.25, 0.3) is 5.91 Å². The SMILES string of the molecule is O=C(c1cc(-c2cccnc2)on1)N1CC(S(=O)(=O)NC2CCCC2)C1. The number of rotatable bonds is 5. The average molecular weight is 376 g/mol. The van der Waals surface area contributed by atoms with Crippen molar-refractivity contribution in [3.05, 3.63) is 36.3 Å². The van der Waals surface area contributed by atoms with E-state index in [1.54, 1.807) is 24.5 Å². The smallest absolute Gasteiger partial charge is 0.276 e. The van der Waals surface area contributed by atoms with Gasteiger partial charge in [-0.25, -0.2) is 13.1 Å². The summed E-state index contributed by atoms with van der Waals surface area (Å²) in [5.74, 6) is 0.130. The van der Waals surface area contributed by atoms with Crippen LogP contribution in [0.15, 0.2) is 35.1 Å². The highest BCUT2D eigenvalue weighted by atomic mass is 32.2. The van der Waals surface area contributed by atoms with Crippen LogP contribution in [0, 0.1) is 0 Å². The number of sulfonamides is 1. The zero-order chi connectivity index (χ0) is 18.1. The number of carbonyl (C=O) groups excluding carboxylic acids is 1. The van der Waals surface area contributed by atoms with Crippen molar-refractivity contribution < 1.29 is 17.7 Å². The molecule has 2 aliphatic rings. The summed E-state index contributed by atoms with van der Waals surface area (Å²) in [5, 5.41) is 3.25. The van der Waals surface area contributed by atoms with Crippen LogP contribution in [0.5, 0.6) is 0 Å². The number of likely N-dealkylation sites (tertiary alicyclic amines) is 1. The molecule has 1 amide bonds. The molecule has 1 N–H and O–H groups in total. The molecule has 0 aromatic carbocycles. The molecule has 1 aliphatic heterocycles. The van der Waals surface area contributed by atoms with E-state index in [0.717, 1.165) is 31.2 Å². The minimum Gasteiger partial charge on any atom is -0.355 e. The van der Waals surface area contributed by atoms with Crippen LogP contribution >= 0.6 is 0 Å². The molecule has 4 rings (SSSR count). The van der Waals surface area contributed by atoms with Crippen LogP contribution in [0.4, 0.5) is 0 Å². The Labute approximate surface area is 151 Å². The van der Waals surface area contributed by atoms with Gasteiger partial charge in [0, 0.05) is 43.2 Å². The third-order valence-electron chi connectivity index (χ3n) is 4.94. The number of hydrogen-bond acceptors (Lipinski definition) is 6. The summed E-state index contributed by atoms with van der Waals surface area (Å²) < 4.78 is 32.7. The van der Waals surface area contributed by atoms with Crippen LogP contribution in [0.3, 0.4) is 0 Å². The lowest BCUT2D eigenvalue weighted by molar-refractivity contribution is 0.0647. The monoisotopic (exact) mass is 376 g/mol. The fourth-order valence-corrected chi connectivity index (χ4v) is 5.00. The first-order chi connectivity index (χ1) is 12.5. The minimum atomic E-state index is -3.39. The summed E-state index contributed by atoms with van der Waals surface area (Å²) >= 11 is 0. The van der Waals surface area contributed by atoms with Crippen LogP contribution in [-0.4, -0.2) is 53.7 Å². The number of carbonyl (C=O) groups is 1. The van der Waals surface area contributed by atoms with Gasteiger partial charge in [-0.15, -0.1) is 0 Å². The largest absolute Gasteiger partial charge is 0.355 e. The maximum atomic E-state index is 12.5. The Bertz CT molecular complexity index is 884. The van der Waals surface area contributed by atoms with Gasteiger partial charge in [-0.05, 0) is 25.0 Å². The molecule has 0 unspecified atom stereocenters. The quantitative estimate of drug-likeness (QED) is 0.846. The van der Waals surface area contributed by atoms with Gasteiger partial charge in [0.15, 0.2) is 11.5 Å². The molecule has 2 aromatic heterocycles. The fourth-order valence-electron chi connectivity index (χ4n) is 3.35. The molecule has 9 heteroatoms. The number of aromatic nitrogens is 2. The second kappa shape index (κ2) is 6.81. The third kappa shape index (κ3) is 3.36. The number of amides is 1. The van der Waals surface area contributed by atoms with E-state index in [1.807, 2.05) is 6.07 Å². The summed E-state index contributed by atoms with van der Waals surface area (Å²) in [6.45, 7) is 0.353. The van der Waals surface area contributed by atoms with Gasteiger partial charge in [-0.3, -0.25) is 9.78 Å². The van der Waals surface area contributed by atoms with Crippen LogP contribution in [0.1, 0.15) is 36.2 Å². The highest BCUT2D eigenvalue weighted by Crippen LogP contribution is 2.24. The van der Waals surface area contributed by atoms with Crippen molar-refractivity contribution in [3.63, 3.8) is 0 Å². The predicted molar refractivity (Wildman–Crippen MR) is 93.7 cm³/mol. The molecule has 0 radical (unpaired) electrons. The number of hydrogen-bond donors (Lipinski definition) is 1. The first kappa shape index (κ1) is 17.2. The highest BCUT2D eigenvalue weighted by molar-refractivity contribution is 7.90. The molecular formula is C17H20N4O4S. The van der Waals surface area contributed by atoms with Crippen molar-refractivity contribution in [3.8, 4) is 11.3 Å². The second-order valence-corrected chi connectivity index (χ2v) is 8.79. The predicted octanol–water partition coefficient (Wildman–Crippen LogP) is 1.42. The molecule has 1 saturated heterocycles. The first-order valence-corrected chi connectivity index (χ1v) is 10.2. The Morgan fingerprint density at radius 3 is 2.73 bits per heavy atom. The Morgan fingerprint density at radius 2 is 2.04 bits per heavy atom. The van der Waals surface area contributed by atoms with Crippen molar-refractivity contribution in [2.24, 2.45) is 0 Å². The van der Waals surface area contributed by atoms with Gasteiger partial charge >= 0.3 is 0 Å². The Morgan fingerprint density at radius 1 is 1.27 bits per heavy atom. The number of nitrogens with one attached hydrogen (secondary N) is 1. The Kier molecular flexibility index (Phi) is 4.49. The molecule has 26 heavy (non-hydrogen) atoms. The maximum Gasteiger partial charge on any atom is 0.276 e. The van der Waals surface area contributed by atoms with Crippen molar-refractivity contribution in [2.75, 3.05) is 13.1 Å². The molecule has 1 saturated carbocycles. The Balaban J connectivity index is 1.37. The van der Waals surface area contributed by atoms with Crippen molar-refractivity contribution in [1.29, 1.82) is 0 Å². The second-order valence-electron chi connectivity index (χ2n) is 6.79. The lowest BCUT2D eigenvalue weighted by Gasteiger charge is -2.38. The summed E-state index contributed by atoms with van der Waals surface area (Å²) in [7, 11) is -3.39. The van der Waals surface area contributed by atoms with E-state index in [0.29, 0.717) is 5.76 Å². The van der Waals surface area contributed by atoms with Crippen LogP contribution in [-0.2, 0) is 10.0 Å². The van der Waals surface area contributed by atoms with E-state index in [2.05, 4.69) is 14.9 Å². The van der Waals surface area contributed by atoms with E-state index in [-0.39, 0.29) is 30.7 Å². The zero-order valence-electron chi connectivity index (χ0n) is 14.2. The molecule has 0 bridgehead atoms. The van der Waals surface area contributed by atoms with Gasteiger partial charge in [-0.1, -0.05) is 18.0 Å². The van der Waals surface area contributed by atoms with Crippen molar-refractivity contribution in [2.45, 2.75) is 37.0 Å². The lowest BCUT2D eigenvalue weighted by atomic mass is 10.1. The van der Waals surface area contributed by atoms with Crippen LogP contribution in [0.25, 0.3) is 11.3 Å². The van der Waals surface area contributed by atoms with E-state index < -0.39 is 15.3 Å². The number of nitrogens with zero attached hydrogens (tertiary/aromatic N) is 3. The highest BCUT2D eigenvalue weighted by Gasteiger charge is 2.41. The molecule has 2 aromatic rings. The molecular weight excluding hydrogens is 356 g/mol. The van der Waals surface area contributed by atoms with Crippen molar-refractivity contribution in [1.82, 2.24) is 19.8 Å². The van der Waals surface area contributed by atoms with Crippen molar-refractivity contribution >= 4 is 15.9 Å². The van der Waals surface area contributed by atoms with E-state index >= 15 is 0 Å². The molecule has 3 heterocycles.